The predicted octanol–water partition coefficient (Wildman–Crippen LogP) is 4.81. The largest absolute Gasteiger partial charge is 0.325 e. The van der Waals surface area contributed by atoms with Crippen LogP contribution in [0, 0.1) is 0 Å². The topological polar surface area (TPSA) is 95.6 Å². The first kappa shape index (κ1) is 23.8. The van der Waals surface area contributed by atoms with Crippen LogP contribution in [0.1, 0.15) is 36.6 Å². The number of hydrogen-bond acceptors (Lipinski definition) is 5. The van der Waals surface area contributed by atoms with Crippen LogP contribution in [-0.4, -0.2) is 34.4 Å². The Morgan fingerprint density at radius 2 is 1.59 bits per heavy atom. The highest BCUT2D eigenvalue weighted by atomic mass is 35.5. The lowest BCUT2D eigenvalue weighted by atomic mass is 10.1. The molecule has 4 amide bonds. The number of nitrogens with one attached hydrogen (secondary N) is 2. The van der Waals surface area contributed by atoms with Crippen molar-refractivity contribution < 1.29 is 19.2 Å². The van der Waals surface area contributed by atoms with Crippen molar-refractivity contribution >= 4 is 64.3 Å². The zero-order valence-electron chi connectivity index (χ0n) is 17.5. The van der Waals surface area contributed by atoms with E-state index in [2.05, 4.69) is 10.7 Å². The fourth-order valence-electron chi connectivity index (χ4n) is 3.28. The van der Waals surface area contributed by atoms with E-state index in [4.69, 9.17) is 23.2 Å². The van der Waals surface area contributed by atoms with E-state index in [-0.39, 0.29) is 28.4 Å². The fraction of sp³-hybridized carbons (Fsp3) is 0.0833. The van der Waals surface area contributed by atoms with E-state index in [1.165, 1.54) is 36.0 Å². The lowest BCUT2D eigenvalue weighted by Gasteiger charge is -2.15. The first-order valence-electron chi connectivity index (χ1n) is 10.0. The number of amides is 4. The summed E-state index contributed by atoms with van der Waals surface area (Å²) in [5, 5.41) is 4.51. The van der Waals surface area contributed by atoms with Crippen molar-refractivity contribution in [2.24, 2.45) is 0 Å². The molecule has 3 aromatic rings. The molecule has 0 saturated heterocycles. The quantitative estimate of drug-likeness (QED) is 0.442. The van der Waals surface area contributed by atoms with Gasteiger partial charge in [0.05, 0.1) is 16.9 Å². The summed E-state index contributed by atoms with van der Waals surface area (Å²) in [6.45, 7) is 0. The maximum atomic E-state index is 12.7. The number of thioether (sulfide) groups is 1. The Morgan fingerprint density at radius 1 is 0.882 bits per heavy atom. The Morgan fingerprint density at radius 3 is 2.26 bits per heavy atom. The van der Waals surface area contributed by atoms with Crippen LogP contribution in [-0.2, 0) is 10.5 Å². The number of carbonyl (C=O) groups excluding carboxylic acids is 4. The molecule has 1 aliphatic rings. The van der Waals surface area contributed by atoms with E-state index in [0.29, 0.717) is 26.5 Å². The van der Waals surface area contributed by atoms with Gasteiger partial charge >= 0.3 is 0 Å². The Labute approximate surface area is 209 Å². The Bertz CT molecular complexity index is 1280. The molecule has 0 aromatic heterocycles. The van der Waals surface area contributed by atoms with Crippen molar-refractivity contribution in [2.45, 2.75) is 5.75 Å². The monoisotopic (exact) mass is 513 g/mol. The smallest absolute Gasteiger partial charge is 0.280 e. The molecule has 34 heavy (non-hydrogen) atoms. The van der Waals surface area contributed by atoms with Crippen LogP contribution in [0.25, 0.3) is 0 Å². The maximum absolute atomic E-state index is 12.7. The van der Waals surface area contributed by atoms with Gasteiger partial charge in [-0.25, -0.2) is 0 Å². The zero-order valence-corrected chi connectivity index (χ0v) is 19.8. The second-order valence-corrected chi connectivity index (χ2v) is 9.12. The number of halogens is 2. The van der Waals surface area contributed by atoms with Crippen LogP contribution in [0.3, 0.4) is 0 Å². The maximum Gasteiger partial charge on any atom is 0.280 e. The molecule has 0 bridgehead atoms. The third-order valence-electron chi connectivity index (χ3n) is 4.92. The standard InChI is InChI=1S/C24H17Cl2N3O4S/c25-16-9-8-15(20(26)11-16)12-34-13-21(30)27-17-5-3-4-14(10-17)22(31)28-29-23(32)18-6-1-2-7-19(18)24(29)33/h1-11H,12-13H2,(H,27,30)(H,28,31). The van der Waals surface area contributed by atoms with Gasteiger partial charge in [-0.1, -0.05) is 47.5 Å². The van der Waals surface area contributed by atoms with Gasteiger partial charge in [0.1, 0.15) is 0 Å². The van der Waals surface area contributed by atoms with E-state index < -0.39 is 17.7 Å². The molecule has 0 atom stereocenters. The summed E-state index contributed by atoms with van der Waals surface area (Å²) in [4.78, 5) is 49.9. The van der Waals surface area contributed by atoms with E-state index in [1.807, 2.05) is 6.07 Å². The number of imide groups is 1. The molecule has 0 fully saturated rings. The molecule has 0 saturated carbocycles. The van der Waals surface area contributed by atoms with Crippen LogP contribution in [0.2, 0.25) is 10.0 Å². The van der Waals surface area contributed by atoms with E-state index in [1.54, 1.807) is 36.4 Å². The summed E-state index contributed by atoms with van der Waals surface area (Å²) >= 11 is 13.4. The summed E-state index contributed by atoms with van der Waals surface area (Å²) < 4.78 is 0. The number of benzene rings is 3. The summed E-state index contributed by atoms with van der Waals surface area (Å²) in [6.07, 6.45) is 0. The fourth-order valence-corrected chi connectivity index (χ4v) is 4.67. The van der Waals surface area contributed by atoms with Gasteiger partial charge in [-0.3, -0.25) is 24.6 Å². The van der Waals surface area contributed by atoms with Gasteiger partial charge in [0, 0.05) is 27.0 Å². The van der Waals surface area contributed by atoms with Crippen LogP contribution in [0.4, 0.5) is 5.69 Å². The third-order valence-corrected chi connectivity index (χ3v) is 6.49. The summed E-state index contributed by atoms with van der Waals surface area (Å²) in [6, 6.07) is 17.7. The van der Waals surface area contributed by atoms with Gasteiger partial charge in [-0.05, 0) is 48.0 Å². The minimum absolute atomic E-state index is 0.171. The van der Waals surface area contributed by atoms with E-state index in [9.17, 15) is 19.2 Å². The van der Waals surface area contributed by atoms with Gasteiger partial charge in [-0.15, -0.1) is 11.8 Å². The minimum atomic E-state index is -0.655. The van der Waals surface area contributed by atoms with Crippen molar-refractivity contribution in [3.05, 3.63) is 99.0 Å². The molecule has 1 aliphatic heterocycles. The van der Waals surface area contributed by atoms with Crippen molar-refractivity contribution in [1.29, 1.82) is 0 Å². The first-order chi connectivity index (χ1) is 16.3. The number of rotatable bonds is 7. The molecule has 10 heteroatoms. The number of hydrogen-bond donors (Lipinski definition) is 2. The third kappa shape index (κ3) is 5.25. The highest BCUT2D eigenvalue weighted by Gasteiger charge is 2.36. The molecular formula is C24H17Cl2N3O4S. The van der Waals surface area contributed by atoms with Crippen molar-refractivity contribution in [3.63, 3.8) is 0 Å². The lowest BCUT2D eigenvalue weighted by molar-refractivity contribution is -0.113. The minimum Gasteiger partial charge on any atom is -0.325 e. The summed E-state index contributed by atoms with van der Waals surface area (Å²) in [7, 11) is 0. The predicted molar refractivity (Wildman–Crippen MR) is 132 cm³/mol. The highest BCUT2D eigenvalue weighted by molar-refractivity contribution is 7.99. The number of nitrogens with zero attached hydrogens (tertiary/aromatic N) is 1. The Hall–Kier alpha value is -3.33. The molecule has 0 unspecified atom stereocenters. The number of hydrazine groups is 1. The lowest BCUT2D eigenvalue weighted by Crippen LogP contribution is -2.45. The van der Waals surface area contributed by atoms with Crippen molar-refractivity contribution in [2.75, 3.05) is 11.1 Å². The van der Waals surface area contributed by atoms with E-state index >= 15 is 0 Å². The summed E-state index contributed by atoms with van der Waals surface area (Å²) in [5.74, 6) is -1.41. The average Bonchev–Trinajstić information content (AvgIpc) is 3.05. The van der Waals surface area contributed by atoms with Gasteiger partial charge in [0.2, 0.25) is 5.91 Å². The number of carbonyl (C=O) groups is 4. The molecule has 2 N–H and O–H groups in total. The van der Waals surface area contributed by atoms with Crippen LogP contribution in [0.15, 0.2) is 66.7 Å². The summed E-state index contributed by atoms with van der Waals surface area (Å²) in [5.41, 5.74) is 4.25. The Balaban J connectivity index is 1.33. The van der Waals surface area contributed by atoms with Gasteiger partial charge in [-0.2, -0.15) is 5.01 Å². The molecule has 3 aromatic carbocycles. The molecule has 4 rings (SSSR count). The van der Waals surface area contributed by atoms with Gasteiger partial charge in [0.25, 0.3) is 17.7 Å². The normalized spacial score (nSPS) is 12.5. The molecular weight excluding hydrogens is 497 g/mol. The molecule has 0 radical (unpaired) electrons. The zero-order chi connectivity index (χ0) is 24.2. The Kier molecular flexibility index (Phi) is 7.21. The van der Waals surface area contributed by atoms with Crippen LogP contribution in [0.5, 0.6) is 0 Å². The SMILES string of the molecule is O=C(CSCc1ccc(Cl)cc1Cl)Nc1cccc(C(=O)NN2C(=O)c3ccccc3C2=O)c1. The average molecular weight is 514 g/mol. The first-order valence-corrected chi connectivity index (χ1v) is 11.9. The highest BCUT2D eigenvalue weighted by Crippen LogP contribution is 2.25. The van der Waals surface area contributed by atoms with Crippen LogP contribution >= 0.6 is 35.0 Å². The van der Waals surface area contributed by atoms with Gasteiger partial charge < -0.3 is 5.32 Å². The number of anilines is 1. The molecule has 0 spiro atoms. The van der Waals surface area contributed by atoms with Crippen LogP contribution < -0.4 is 10.7 Å². The van der Waals surface area contributed by atoms with Gasteiger partial charge in [0.15, 0.2) is 0 Å². The number of fused-ring (bicyclic) bond motifs is 1. The molecule has 0 aliphatic carbocycles. The molecule has 7 nitrogen and oxygen atoms in total. The van der Waals surface area contributed by atoms with Crippen molar-refractivity contribution in [3.8, 4) is 0 Å². The van der Waals surface area contributed by atoms with E-state index in [0.717, 1.165) is 5.56 Å². The second-order valence-electron chi connectivity index (χ2n) is 7.29. The van der Waals surface area contributed by atoms with Crippen molar-refractivity contribution in [1.82, 2.24) is 10.4 Å². The molecule has 1 heterocycles. The second kappa shape index (κ2) is 10.3. The molecule has 172 valence electrons.